The Morgan fingerprint density at radius 3 is 2.72 bits per heavy atom. The maximum Gasteiger partial charge on any atom is 0.326 e. The van der Waals surface area contributed by atoms with Crippen molar-refractivity contribution >= 4 is 17.3 Å². The van der Waals surface area contributed by atoms with Crippen LogP contribution in [0.25, 0.3) is 0 Å². The van der Waals surface area contributed by atoms with Crippen LogP contribution in [-0.4, -0.2) is 29.2 Å². The second-order valence-electron chi connectivity index (χ2n) is 3.59. The normalized spacial score (nSPS) is 11.7. The third kappa shape index (κ3) is 3.09. The molecule has 0 spiro atoms. The molecule has 0 bridgehead atoms. The summed E-state index contributed by atoms with van der Waals surface area (Å²) in [6.45, 7) is 1.70. The molecule has 1 atom stereocenters. The van der Waals surface area contributed by atoms with Gasteiger partial charge in [-0.1, -0.05) is 6.92 Å². The average molecular weight is 254 g/mol. The summed E-state index contributed by atoms with van der Waals surface area (Å²) in [5.41, 5.74) is 0.166. The number of rotatable bonds is 6. The molecule has 7 heteroatoms. The van der Waals surface area contributed by atoms with Crippen LogP contribution in [0.4, 0.5) is 11.4 Å². The van der Waals surface area contributed by atoms with Gasteiger partial charge in [0.25, 0.3) is 5.69 Å². The molecule has 0 radical (unpaired) electrons. The molecule has 1 rings (SSSR count). The third-order valence-corrected chi connectivity index (χ3v) is 2.43. The standard InChI is InChI=1S/C11H14N2O5/c1-3-8(11(14)15)12-9-6-7(13(16)17)4-5-10(9)18-2/h4-6,8,12H,3H2,1-2H3,(H,14,15). The molecule has 0 aromatic heterocycles. The quantitative estimate of drug-likeness (QED) is 0.593. The maximum atomic E-state index is 10.9. The summed E-state index contributed by atoms with van der Waals surface area (Å²) >= 11 is 0. The molecule has 1 aromatic rings. The van der Waals surface area contributed by atoms with Crippen LogP contribution < -0.4 is 10.1 Å². The summed E-state index contributed by atoms with van der Waals surface area (Å²) in [4.78, 5) is 21.0. The summed E-state index contributed by atoms with van der Waals surface area (Å²) in [7, 11) is 1.41. The average Bonchev–Trinajstić information content (AvgIpc) is 2.35. The minimum Gasteiger partial charge on any atom is -0.495 e. The van der Waals surface area contributed by atoms with Crippen LogP contribution in [-0.2, 0) is 4.79 Å². The zero-order valence-electron chi connectivity index (χ0n) is 10.0. The van der Waals surface area contributed by atoms with Crippen molar-refractivity contribution in [3.8, 4) is 5.75 Å². The second-order valence-corrected chi connectivity index (χ2v) is 3.59. The van der Waals surface area contributed by atoms with Gasteiger partial charge in [0.15, 0.2) is 0 Å². The molecule has 0 aliphatic rings. The lowest BCUT2D eigenvalue weighted by atomic mass is 10.2. The Morgan fingerprint density at radius 2 is 2.28 bits per heavy atom. The number of benzene rings is 1. The molecule has 98 valence electrons. The Hall–Kier alpha value is -2.31. The number of nitrogens with zero attached hydrogens (tertiary/aromatic N) is 1. The number of anilines is 1. The number of methoxy groups -OCH3 is 1. The highest BCUT2D eigenvalue weighted by atomic mass is 16.6. The number of nitrogens with one attached hydrogen (secondary N) is 1. The highest BCUT2D eigenvalue weighted by molar-refractivity contribution is 5.78. The van der Waals surface area contributed by atoms with Crippen molar-refractivity contribution in [2.45, 2.75) is 19.4 Å². The zero-order chi connectivity index (χ0) is 13.7. The van der Waals surface area contributed by atoms with Crippen LogP contribution in [0.5, 0.6) is 5.75 Å². The first-order chi connectivity index (χ1) is 8.49. The van der Waals surface area contributed by atoms with Gasteiger partial charge in [0.05, 0.1) is 17.7 Å². The Bertz CT molecular complexity index is 461. The molecule has 0 fully saturated rings. The molecule has 1 aromatic carbocycles. The minimum atomic E-state index is -1.02. The van der Waals surface area contributed by atoms with Gasteiger partial charge in [-0.15, -0.1) is 0 Å². The van der Waals surface area contributed by atoms with Gasteiger partial charge in [-0.3, -0.25) is 10.1 Å². The van der Waals surface area contributed by atoms with E-state index in [1.54, 1.807) is 6.92 Å². The molecule has 7 nitrogen and oxygen atoms in total. The van der Waals surface area contributed by atoms with Crippen LogP contribution in [0.1, 0.15) is 13.3 Å². The van der Waals surface area contributed by atoms with Gasteiger partial charge in [0, 0.05) is 12.1 Å². The smallest absolute Gasteiger partial charge is 0.326 e. The van der Waals surface area contributed by atoms with Crippen LogP contribution in [0, 0.1) is 10.1 Å². The van der Waals surface area contributed by atoms with Gasteiger partial charge >= 0.3 is 5.97 Å². The lowest BCUT2D eigenvalue weighted by molar-refractivity contribution is -0.384. The predicted octanol–water partition coefficient (Wildman–Crippen LogP) is 1.88. The first-order valence-electron chi connectivity index (χ1n) is 5.31. The fraction of sp³-hybridized carbons (Fsp3) is 0.364. The Labute approximate surface area is 104 Å². The lowest BCUT2D eigenvalue weighted by Gasteiger charge is -2.16. The van der Waals surface area contributed by atoms with E-state index in [1.165, 1.54) is 25.3 Å². The van der Waals surface area contributed by atoms with Gasteiger partial charge in [-0.25, -0.2) is 4.79 Å². The van der Waals surface area contributed by atoms with Gasteiger partial charge < -0.3 is 15.2 Å². The van der Waals surface area contributed by atoms with Crippen molar-refractivity contribution in [1.29, 1.82) is 0 Å². The van der Waals surface area contributed by atoms with Gasteiger partial charge in [0.1, 0.15) is 11.8 Å². The number of nitro groups is 1. The minimum absolute atomic E-state index is 0.126. The van der Waals surface area contributed by atoms with Gasteiger partial charge in [-0.05, 0) is 12.5 Å². The Morgan fingerprint density at radius 1 is 1.61 bits per heavy atom. The fourth-order valence-corrected chi connectivity index (χ4v) is 1.45. The van der Waals surface area contributed by atoms with E-state index in [1.807, 2.05) is 0 Å². The number of non-ortho nitro benzene ring substituents is 1. The van der Waals surface area contributed by atoms with E-state index >= 15 is 0 Å². The number of carboxylic acid groups (broad SMARTS) is 1. The van der Waals surface area contributed by atoms with E-state index in [-0.39, 0.29) is 5.69 Å². The summed E-state index contributed by atoms with van der Waals surface area (Å²) in [5.74, 6) is -0.661. The fourth-order valence-electron chi connectivity index (χ4n) is 1.45. The number of hydrogen-bond donors (Lipinski definition) is 2. The molecular formula is C11H14N2O5. The van der Waals surface area contributed by atoms with E-state index in [9.17, 15) is 14.9 Å². The highest BCUT2D eigenvalue weighted by Crippen LogP contribution is 2.29. The molecule has 18 heavy (non-hydrogen) atoms. The van der Waals surface area contributed by atoms with E-state index < -0.39 is 16.9 Å². The first kappa shape index (κ1) is 13.8. The monoisotopic (exact) mass is 254 g/mol. The van der Waals surface area contributed by atoms with Crippen molar-refractivity contribution in [3.05, 3.63) is 28.3 Å². The van der Waals surface area contributed by atoms with Crippen molar-refractivity contribution in [1.82, 2.24) is 0 Å². The summed E-state index contributed by atoms with van der Waals surface area (Å²) in [5, 5.41) is 22.3. The molecule has 0 aliphatic heterocycles. The van der Waals surface area contributed by atoms with E-state index in [4.69, 9.17) is 9.84 Å². The van der Waals surface area contributed by atoms with Gasteiger partial charge in [0.2, 0.25) is 0 Å². The second kappa shape index (κ2) is 5.85. The first-order valence-corrected chi connectivity index (χ1v) is 5.31. The van der Waals surface area contributed by atoms with Crippen LogP contribution >= 0.6 is 0 Å². The number of hydrogen-bond acceptors (Lipinski definition) is 5. The zero-order valence-corrected chi connectivity index (χ0v) is 10.0. The Balaban J connectivity index is 3.07. The predicted molar refractivity (Wildman–Crippen MR) is 65.0 cm³/mol. The number of ether oxygens (including phenoxy) is 1. The van der Waals surface area contributed by atoms with E-state index in [2.05, 4.69) is 5.32 Å². The molecule has 2 N–H and O–H groups in total. The maximum absolute atomic E-state index is 10.9. The van der Waals surface area contributed by atoms with Crippen LogP contribution in [0.3, 0.4) is 0 Å². The van der Waals surface area contributed by atoms with Crippen LogP contribution in [0.15, 0.2) is 18.2 Å². The van der Waals surface area contributed by atoms with E-state index in [0.717, 1.165) is 0 Å². The number of carboxylic acids is 1. The van der Waals surface area contributed by atoms with E-state index in [0.29, 0.717) is 17.9 Å². The molecule has 0 heterocycles. The number of carbonyl (C=O) groups is 1. The third-order valence-electron chi connectivity index (χ3n) is 2.43. The summed E-state index contributed by atoms with van der Waals surface area (Å²) < 4.78 is 5.03. The lowest BCUT2D eigenvalue weighted by Crippen LogP contribution is -2.28. The SMILES string of the molecule is CCC(Nc1cc([N+](=O)[O-])ccc1OC)C(=O)O. The topological polar surface area (TPSA) is 102 Å². The molecule has 0 saturated heterocycles. The summed E-state index contributed by atoms with van der Waals surface area (Å²) in [6.07, 6.45) is 0.348. The summed E-state index contributed by atoms with van der Waals surface area (Å²) in [6, 6.07) is 3.16. The van der Waals surface area contributed by atoms with Crippen molar-refractivity contribution < 1.29 is 19.6 Å². The largest absolute Gasteiger partial charge is 0.495 e. The molecule has 1 unspecified atom stereocenters. The molecule has 0 amide bonds. The van der Waals surface area contributed by atoms with Crippen LogP contribution in [0.2, 0.25) is 0 Å². The van der Waals surface area contributed by atoms with Crippen molar-refractivity contribution in [3.63, 3.8) is 0 Å². The van der Waals surface area contributed by atoms with Crippen molar-refractivity contribution in [2.75, 3.05) is 12.4 Å². The highest BCUT2D eigenvalue weighted by Gasteiger charge is 2.18. The molecule has 0 aliphatic carbocycles. The van der Waals surface area contributed by atoms with Gasteiger partial charge in [-0.2, -0.15) is 0 Å². The number of nitro benzene ring substituents is 1. The number of aliphatic carboxylic acids is 1. The molecular weight excluding hydrogens is 240 g/mol. The van der Waals surface area contributed by atoms with Crippen molar-refractivity contribution in [2.24, 2.45) is 0 Å². The molecule has 0 saturated carbocycles. The Kier molecular flexibility index (Phi) is 4.47.